The van der Waals surface area contributed by atoms with Gasteiger partial charge in [0.2, 0.25) is 5.91 Å². The molecule has 2 saturated heterocycles. The van der Waals surface area contributed by atoms with Gasteiger partial charge in [0.25, 0.3) is 5.82 Å². The van der Waals surface area contributed by atoms with E-state index in [-0.39, 0.29) is 60.3 Å². The average Bonchev–Trinajstić information content (AvgIpc) is 3.56. The predicted octanol–water partition coefficient (Wildman–Crippen LogP) is 5.86. The van der Waals surface area contributed by atoms with Gasteiger partial charge in [-0.15, -0.1) is 29.9 Å². The molecule has 0 unspecified atom stereocenters. The van der Waals surface area contributed by atoms with E-state index in [0.717, 1.165) is 36.1 Å². The summed E-state index contributed by atoms with van der Waals surface area (Å²) in [5.41, 5.74) is 3.37. The van der Waals surface area contributed by atoms with E-state index >= 15 is 0 Å². The molecule has 3 aromatic carbocycles. The minimum absolute atomic E-state index is 0. The highest BCUT2D eigenvalue weighted by atomic mass is 35.5. The molecule has 0 N–H and O–H groups in total. The van der Waals surface area contributed by atoms with Gasteiger partial charge in [0.1, 0.15) is 5.75 Å². The summed E-state index contributed by atoms with van der Waals surface area (Å²) in [6, 6.07) is 26.1. The van der Waals surface area contributed by atoms with Gasteiger partial charge < -0.3 is 9.64 Å². The van der Waals surface area contributed by atoms with E-state index in [1.807, 2.05) is 12.1 Å². The lowest BCUT2D eigenvalue weighted by Gasteiger charge is -2.54. The van der Waals surface area contributed by atoms with Crippen molar-refractivity contribution in [3.63, 3.8) is 0 Å². The van der Waals surface area contributed by atoms with Crippen molar-refractivity contribution in [1.29, 1.82) is 0 Å². The molecule has 3 aliphatic rings. The highest BCUT2D eigenvalue weighted by Crippen LogP contribution is 2.38. The van der Waals surface area contributed by atoms with Crippen LogP contribution in [0.1, 0.15) is 47.7 Å². The topological polar surface area (TPSA) is 79.6 Å². The zero-order valence-electron chi connectivity index (χ0n) is 27.1. The second-order valence-corrected chi connectivity index (χ2v) is 12.8. The van der Waals surface area contributed by atoms with Crippen LogP contribution < -0.4 is 4.74 Å². The van der Waals surface area contributed by atoms with E-state index in [1.165, 1.54) is 17.2 Å². The summed E-state index contributed by atoms with van der Waals surface area (Å²) in [7, 11) is 1.56. The molecular formula is C35H40Cl2F3N7O2. The highest BCUT2D eigenvalue weighted by Gasteiger charge is 2.44. The number of halogens is 5. The molecule has 7 rings (SSSR count). The Labute approximate surface area is 296 Å². The van der Waals surface area contributed by atoms with E-state index in [9.17, 15) is 18.0 Å². The molecule has 262 valence electrons. The maximum absolute atomic E-state index is 13.7. The lowest BCUT2D eigenvalue weighted by Crippen LogP contribution is -2.67. The van der Waals surface area contributed by atoms with Crippen molar-refractivity contribution < 1.29 is 22.7 Å². The molecule has 4 aromatic rings. The lowest BCUT2D eigenvalue weighted by atomic mass is 9.81. The van der Waals surface area contributed by atoms with Gasteiger partial charge in [-0.2, -0.15) is 17.9 Å². The second kappa shape index (κ2) is 15.5. The predicted molar refractivity (Wildman–Crippen MR) is 183 cm³/mol. The maximum Gasteiger partial charge on any atom is 0.453 e. The third kappa shape index (κ3) is 7.57. The number of aromatic nitrogens is 4. The van der Waals surface area contributed by atoms with Crippen LogP contribution in [0.25, 0.3) is 5.69 Å². The Morgan fingerprint density at radius 3 is 2.18 bits per heavy atom. The number of hydrogen-bond acceptors (Lipinski definition) is 7. The van der Waals surface area contributed by atoms with Crippen LogP contribution in [-0.2, 0) is 17.5 Å². The van der Waals surface area contributed by atoms with Crippen LogP contribution in [0, 0.1) is 5.92 Å². The molecule has 0 spiro atoms. The molecule has 9 nitrogen and oxygen atoms in total. The van der Waals surface area contributed by atoms with Gasteiger partial charge in [-0.05, 0) is 52.6 Å². The van der Waals surface area contributed by atoms with Crippen LogP contribution in [0.15, 0.2) is 78.9 Å². The van der Waals surface area contributed by atoms with Crippen molar-refractivity contribution in [2.45, 2.75) is 50.0 Å². The second-order valence-electron chi connectivity index (χ2n) is 12.8. The zero-order valence-corrected chi connectivity index (χ0v) is 28.7. The van der Waals surface area contributed by atoms with Gasteiger partial charge >= 0.3 is 6.18 Å². The van der Waals surface area contributed by atoms with E-state index in [2.05, 4.69) is 78.8 Å². The monoisotopic (exact) mass is 717 g/mol. The number of fused-ring (bicyclic) bond motifs is 1. The van der Waals surface area contributed by atoms with E-state index < -0.39 is 12.0 Å². The summed E-state index contributed by atoms with van der Waals surface area (Å²) in [4.78, 5) is 20.4. The minimum Gasteiger partial charge on any atom is -0.496 e. The molecule has 14 heteroatoms. The third-order valence-electron chi connectivity index (χ3n) is 9.96. The fourth-order valence-electron chi connectivity index (χ4n) is 7.51. The summed E-state index contributed by atoms with van der Waals surface area (Å²) < 4.78 is 47.4. The summed E-state index contributed by atoms with van der Waals surface area (Å²) in [6.07, 6.45) is -1.66. The number of carbonyl (C=O) groups is 1. The van der Waals surface area contributed by atoms with Crippen LogP contribution in [0.3, 0.4) is 0 Å². The first-order valence-corrected chi connectivity index (χ1v) is 16.2. The number of methoxy groups -OCH3 is 1. The molecule has 1 amide bonds. The van der Waals surface area contributed by atoms with Crippen LogP contribution in [0.5, 0.6) is 5.75 Å². The summed E-state index contributed by atoms with van der Waals surface area (Å²) in [6.45, 7) is 4.00. The van der Waals surface area contributed by atoms with Crippen LogP contribution >= 0.6 is 24.8 Å². The fraction of sp³-hybridized carbons (Fsp3) is 0.429. The van der Waals surface area contributed by atoms with Gasteiger partial charge in [0.15, 0.2) is 0 Å². The zero-order chi connectivity index (χ0) is 32.5. The molecule has 2 atom stereocenters. The maximum atomic E-state index is 13.7. The number of ether oxygens (including phenoxy) is 1. The molecule has 1 aliphatic carbocycles. The van der Waals surface area contributed by atoms with E-state index in [4.69, 9.17) is 4.74 Å². The molecule has 2 aliphatic heterocycles. The van der Waals surface area contributed by atoms with E-state index in [0.29, 0.717) is 38.5 Å². The van der Waals surface area contributed by atoms with Gasteiger partial charge in [-0.1, -0.05) is 67.1 Å². The molecule has 1 aromatic heterocycles. The number of piperazine rings is 2. The van der Waals surface area contributed by atoms with Gasteiger partial charge in [0, 0.05) is 68.8 Å². The first-order chi connectivity index (χ1) is 22.8. The number of alkyl halides is 3. The largest absolute Gasteiger partial charge is 0.496 e. The Morgan fingerprint density at radius 1 is 0.918 bits per heavy atom. The van der Waals surface area contributed by atoms with Gasteiger partial charge in [-0.25, -0.2) is 0 Å². The molecule has 0 bridgehead atoms. The molecule has 49 heavy (non-hydrogen) atoms. The van der Waals surface area contributed by atoms with Crippen molar-refractivity contribution in [3.05, 3.63) is 101 Å². The Hall–Kier alpha value is -3.71. The van der Waals surface area contributed by atoms with Crippen molar-refractivity contribution in [3.8, 4) is 11.4 Å². The number of nitrogens with zero attached hydrogens (tertiary/aromatic N) is 7. The number of tetrazole rings is 1. The quantitative estimate of drug-likeness (QED) is 0.226. The van der Waals surface area contributed by atoms with E-state index in [1.54, 1.807) is 19.2 Å². The highest BCUT2D eigenvalue weighted by molar-refractivity contribution is 5.85. The smallest absolute Gasteiger partial charge is 0.453 e. The molecule has 1 saturated carbocycles. The minimum atomic E-state index is -4.71. The van der Waals surface area contributed by atoms with Crippen molar-refractivity contribution in [2.75, 3.05) is 39.8 Å². The molecule has 0 radical (unpaired) electrons. The number of benzene rings is 3. The number of hydrogen-bond donors (Lipinski definition) is 0. The van der Waals surface area contributed by atoms with Crippen LogP contribution in [0.2, 0.25) is 0 Å². The lowest BCUT2D eigenvalue weighted by molar-refractivity contribution is -0.146. The normalized spacial score (nSPS) is 20.1. The Kier molecular flexibility index (Phi) is 11.5. The van der Waals surface area contributed by atoms with Gasteiger partial charge in [0.05, 0.1) is 12.8 Å². The third-order valence-corrected chi connectivity index (χ3v) is 9.96. The summed E-state index contributed by atoms with van der Waals surface area (Å²) in [5, 5.41) is 10.2. The number of carbonyl (C=O) groups excluding carboxylic acids is 1. The molecule has 3 fully saturated rings. The summed E-state index contributed by atoms with van der Waals surface area (Å²) in [5.74, 6) is -0.140. The Balaban J connectivity index is 0.00000234. The standard InChI is InChI=1S/C35H38F3N7O2.2ClH/c1-47-31-16-15-28(45-34(35(36,37)38)39-40-41-45)19-27(31)20-42-21-29-22-43(33(46)26-13-8-14-26)17-18-44(29)30(23-42)32(24-9-4-2-5-10-24)25-11-6-3-7-12-25;;/h2-7,9-12,15-16,19,26,29-30,32H,8,13-14,17-18,20-23H2,1H3;2*1H/t29-,30+;;/m1../s1. The SMILES string of the molecule is COc1ccc(-n2nnnc2C(F)(F)F)cc1CN1C[C@@H]2CN(C(=O)C3CCC3)CCN2[C@H](C(c2ccccc2)c2ccccc2)C1.Cl.Cl. The van der Waals surface area contributed by atoms with Gasteiger partial charge in [-0.3, -0.25) is 14.6 Å². The van der Waals surface area contributed by atoms with Crippen molar-refractivity contribution in [2.24, 2.45) is 5.92 Å². The van der Waals surface area contributed by atoms with Crippen molar-refractivity contribution >= 4 is 30.7 Å². The average molecular weight is 719 g/mol. The number of amides is 1. The molecule has 3 heterocycles. The van der Waals surface area contributed by atoms with Crippen molar-refractivity contribution in [1.82, 2.24) is 34.9 Å². The van der Waals surface area contributed by atoms with Crippen LogP contribution in [-0.4, -0.2) is 92.7 Å². The van der Waals surface area contributed by atoms with Crippen LogP contribution in [0.4, 0.5) is 13.2 Å². The first-order valence-electron chi connectivity index (χ1n) is 16.2. The Morgan fingerprint density at radius 2 is 1.59 bits per heavy atom. The Bertz CT molecular complexity index is 1650. The molecular weight excluding hydrogens is 678 g/mol. The number of rotatable bonds is 8. The summed E-state index contributed by atoms with van der Waals surface area (Å²) >= 11 is 0. The fourth-order valence-corrected chi connectivity index (χ4v) is 7.51. The first kappa shape index (κ1) is 36.6.